The number of carbonyl (C=O) groups excluding carboxylic acids is 2. The van der Waals surface area contributed by atoms with Crippen LogP contribution < -0.4 is 10.6 Å². The van der Waals surface area contributed by atoms with Crippen LogP contribution in [0.5, 0.6) is 0 Å². The number of nitrogens with one attached hydrogen (secondary N) is 2. The number of thiocarbonyl (C=S) groups is 1. The molecule has 0 aromatic carbocycles. The summed E-state index contributed by atoms with van der Waals surface area (Å²) in [6.45, 7) is 3.95. The molecule has 2 amide bonds. The van der Waals surface area contributed by atoms with Gasteiger partial charge in [-0.15, -0.1) is 0 Å². The first-order chi connectivity index (χ1) is 6.46. The number of hydrogen-bond acceptors (Lipinski definition) is 3. The molecule has 2 aliphatic rings. The lowest BCUT2D eigenvalue weighted by Crippen LogP contribution is -2.58. The topological polar surface area (TPSA) is 58.2 Å². The predicted octanol–water partition coefficient (Wildman–Crippen LogP) is 0.324. The van der Waals surface area contributed by atoms with Crippen LogP contribution in [-0.2, 0) is 9.59 Å². The van der Waals surface area contributed by atoms with Crippen LogP contribution in [0.15, 0.2) is 0 Å². The molecule has 0 aromatic rings. The molecule has 0 unspecified atom stereocenters. The van der Waals surface area contributed by atoms with Crippen molar-refractivity contribution < 1.29 is 9.59 Å². The van der Waals surface area contributed by atoms with E-state index in [-0.39, 0.29) is 22.3 Å². The molecule has 0 bridgehead atoms. The molecule has 1 saturated heterocycles. The van der Waals surface area contributed by atoms with E-state index in [0.717, 1.165) is 6.42 Å². The Labute approximate surface area is 87.4 Å². The average Bonchev–Trinajstić information content (AvgIpc) is 2.72. The van der Waals surface area contributed by atoms with Crippen LogP contribution in [0.2, 0.25) is 0 Å². The second-order valence-corrected chi connectivity index (χ2v) is 4.64. The number of carbonyl (C=O) groups is 2. The first kappa shape index (κ1) is 9.58. The molecule has 0 radical (unpaired) electrons. The second kappa shape index (κ2) is 2.53. The maximum atomic E-state index is 11.7. The van der Waals surface area contributed by atoms with Crippen molar-refractivity contribution in [2.75, 3.05) is 0 Å². The fourth-order valence-corrected chi connectivity index (χ4v) is 2.42. The smallest absolute Gasteiger partial charge is 0.242 e. The molecule has 1 saturated carbocycles. The highest BCUT2D eigenvalue weighted by Gasteiger charge is 2.74. The van der Waals surface area contributed by atoms with Crippen LogP contribution in [0.25, 0.3) is 0 Å². The van der Waals surface area contributed by atoms with Crippen molar-refractivity contribution >= 4 is 29.1 Å². The van der Waals surface area contributed by atoms with Crippen molar-refractivity contribution in [3.05, 3.63) is 0 Å². The van der Waals surface area contributed by atoms with Crippen LogP contribution in [-0.4, -0.2) is 16.9 Å². The quantitative estimate of drug-likeness (QED) is 0.486. The lowest BCUT2D eigenvalue weighted by Gasteiger charge is -2.25. The summed E-state index contributed by atoms with van der Waals surface area (Å²) in [7, 11) is 0. The van der Waals surface area contributed by atoms with E-state index < -0.39 is 5.41 Å². The minimum absolute atomic E-state index is 0.121. The third-order valence-corrected chi connectivity index (χ3v) is 3.77. The van der Waals surface area contributed by atoms with E-state index in [0.29, 0.717) is 6.42 Å². The maximum absolute atomic E-state index is 11.7. The van der Waals surface area contributed by atoms with Crippen LogP contribution in [0.4, 0.5) is 0 Å². The van der Waals surface area contributed by atoms with Crippen molar-refractivity contribution in [1.29, 1.82) is 0 Å². The Kier molecular flexibility index (Phi) is 1.73. The molecule has 1 spiro atoms. The van der Waals surface area contributed by atoms with Crippen LogP contribution in [0, 0.1) is 10.8 Å². The minimum Gasteiger partial charge on any atom is -0.302 e. The standard InChI is InChI=1S/C9H12N2O2S/c1-3-8(2)4-9(8)5(12)10-7(14)11-6(9)13/h3-4H2,1-2H3,(H2,10,11,12,13,14)/t8-/m0/s1. The summed E-state index contributed by atoms with van der Waals surface area (Å²) in [6, 6.07) is 0. The molecule has 76 valence electrons. The predicted molar refractivity (Wildman–Crippen MR) is 54.3 cm³/mol. The summed E-state index contributed by atoms with van der Waals surface area (Å²) in [5.41, 5.74) is -1.05. The Hall–Kier alpha value is -0.970. The highest BCUT2D eigenvalue weighted by atomic mass is 32.1. The van der Waals surface area contributed by atoms with Gasteiger partial charge >= 0.3 is 0 Å². The van der Waals surface area contributed by atoms with Gasteiger partial charge < -0.3 is 10.6 Å². The summed E-state index contributed by atoms with van der Waals surface area (Å²) in [4.78, 5) is 23.4. The van der Waals surface area contributed by atoms with Gasteiger partial charge in [-0.1, -0.05) is 13.8 Å². The fraction of sp³-hybridized carbons (Fsp3) is 0.667. The Morgan fingerprint density at radius 3 is 2.21 bits per heavy atom. The zero-order valence-corrected chi connectivity index (χ0v) is 8.96. The molecule has 0 aromatic heterocycles. The van der Waals surface area contributed by atoms with Gasteiger partial charge in [-0.3, -0.25) is 9.59 Å². The summed E-state index contributed by atoms with van der Waals surface area (Å²) >= 11 is 4.74. The van der Waals surface area contributed by atoms with Crippen molar-refractivity contribution in [3.63, 3.8) is 0 Å². The molecule has 14 heavy (non-hydrogen) atoms. The van der Waals surface area contributed by atoms with Crippen LogP contribution in [0.3, 0.4) is 0 Å². The van der Waals surface area contributed by atoms with Crippen molar-refractivity contribution in [1.82, 2.24) is 10.6 Å². The molecule has 5 heteroatoms. The Balaban J connectivity index is 2.34. The third kappa shape index (κ3) is 0.904. The fourth-order valence-electron chi connectivity index (χ4n) is 2.23. The van der Waals surface area contributed by atoms with Crippen molar-refractivity contribution in [2.45, 2.75) is 26.7 Å². The average molecular weight is 212 g/mol. The van der Waals surface area contributed by atoms with Crippen LogP contribution >= 0.6 is 12.2 Å². The van der Waals surface area contributed by atoms with Gasteiger partial charge in [-0.25, -0.2) is 0 Å². The van der Waals surface area contributed by atoms with Crippen molar-refractivity contribution in [3.8, 4) is 0 Å². The van der Waals surface area contributed by atoms with E-state index in [2.05, 4.69) is 10.6 Å². The van der Waals surface area contributed by atoms with E-state index in [4.69, 9.17) is 12.2 Å². The SMILES string of the molecule is CC[C@@]1(C)CC12C(=O)NC(=S)NC2=O. The summed E-state index contributed by atoms with van der Waals surface area (Å²) in [6.07, 6.45) is 1.44. The molecular formula is C9H12N2O2S. The van der Waals surface area contributed by atoms with Gasteiger partial charge in [0.1, 0.15) is 5.41 Å². The van der Waals surface area contributed by atoms with Gasteiger partial charge in [-0.05, 0) is 30.5 Å². The van der Waals surface area contributed by atoms with Crippen molar-refractivity contribution in [2.24, 2.45) is 10.8 Å². The zero-order valence-electron chi connectivity index (χ0n) is 8.14. The lowest BCUT2D eigenvalue weighted by molar-refractivity contribution is -0.138. The monoisotopic (exact) mass is 212 g/mol. The molecule has 1 aliphatic carbocycles. The largest absolute Gasteiger partial charge is 0.302 e. The summed E-state index contributed by atoms with van der Waals surface area (Å²) in [5, 5.41) is 5.15. The van der Waals surface area contributed by atoms with Gasteiger partial charge in [0.15, 0.2) is 5.11 Å². The molecule has 2 N–H and O–H groups in total. The van der Waals surface area contributed by atoms with Gasteiger partial charge in [0.05, 0.1) is 0 Å². The summed E-state index contributed by atoms with van der Waals surface area (Å²) < 4.78 is 0. The second-order valence-electron chi connectivity index (χ2n) is 4.23. The third-order valence-electron chi connectivity index (χ3n) is 3.57. The van der Waals surface area contributed by atoms with Gasteiger partial charge in [-0.2, -0.15) is 0 Å². The Bertz CT molecular complexity index is 333. The molecule has 2 fully saturated rings. The number of amides is 2. The number of hydrogen-bond donors (Lipinski definition) is 2. The zero-order chi connectivity index (χ0) is 10.6. The molecule has 1 aliphatic heterocycles. The van der Waals surface area contributed by atoms with Crippen LogP contribution in [0.1, 0.15) is 26.7 Å². The van der Waals surface area contributed by atoms with E-state index in [1.807, 2.05) is 13.8 Å². The first-order valence-corrected chi connectivity index (χ1v) is 5.04. The normalized spacial score (nSPS) is 34.0. The molecule has 4 nitrogen and oxygen atoms in total. The Morgan fingerprint density at radius 1 is 1.36 bits per heavy atom. The molecule has 1 heterocycles. The minimum atomic E-state index is -0.857. The highest BCUT2D eigenvalue weighted by Crippen LogP contribution is 2.66. The van der Waals surface area contributed by atoms with E-state index in [9.17, 15) is 9.59 Å². The van der Waals surface area contributed by atoms with E-state index in [1.165, 1.54) is 0 Å². The highest BCUT2D eigenvalue weighted by molar-refractivity contribution is 7.80. The molecular weight excluding hydrogens is 200 g/mol. The molecule has 1 atom stereocenters. The van der Waals surface area contributed by atoms with Gasteiger partial charge in [0.2, 0.25) is 11.8 Å². The van der Waals surface area contributed by atoms with Gasteiger partial charge in [0, 0.05) is 0 Å². The van der Waals surface area contributed by atoms with Gasteiger partial charge in [0.25, 0.3) is 0 Å². The van der Waals surface area contributed by atoms with E-state index >= 15 is 0 Å². The lowest BCUT2D eigenvalue weighted by atomic mass is 9.89. The maximum Gasteiger partial charge on any atom is 0.242 e. The first-order valence-electron chi connectivity index (χ1n) is 4.63. The Morgan fingerprint density at radius 2 is 1.86 bits per heavy atom. The van der Waals surface area contributed by atoms with E-state index in [1.54, 1.807) is 0 Å². The summed E-state index contributed by atoms with van der Waals surface area (Å²) in [5.74, 6) is -0.480. The number of rotatable bonds is 1. The molecule has 2 rings (SSSR count).